The average Bonchev–Trinajstić information content (AvgIpc) is 3.06. The topological polar surface area (TPSA) is 131 Å². The zero-order valence-corrected chi connectivity index (χ0v) is 14.0. The van der Waals surface area contributed by atoms with E-state index in [0.29, 0.717) is 5.56 Å². The van der Waals surface area contributed by atoms with Gasteiger partial charge in [-0.3, -0.25) is 14.3 Å². The minimum Gasteiger partial charge on any atom is -0.478 e. The molecule has 0 saturated carbocycles. The van der Waals surface area contributed by atoms with Crippen LogP contribution in [0, 0.1) is 5.82 Å². The second-order valence-electron chi connectivity index (χ2n) is 6.04. The molecule has 9 nitrogen and oxygen atoms in total. The summed E-state index contributed by atoms with van der Waals surface area (Å²) >= 11 is 0. The van der Waals surface area contributed by atoms with Crippen molar-refractivity contribution in [2.75, 3.05) is 6.61 Å². The molecular weight excluding hydrogens is 363 g/mol. The quantitative estimate of drug-likeness (QED) is 0.654. The largest absolute Gasteiger partial charge is 0.478 e. The van der Waals surface area contributed by atoms with Crippen LogP contribution in [0.4, 0.5) is 4.39 Å². The molecule has 2 heterocycles. The lowest BCUT2D eigenvalue weighted by molar-refractivity contribution is -0.0659. The van der Waals surface area contributed by atoms with Crippen molar-refractivity contribution in [2.24, 2.45) is 0 Å². The predicted molar refractivity (Wildman–Crippen MR) is 88.9 cm³/mol. The predicted octanol–water partition coefficient (Wildman–Crippen LogP) is 0.239. The SMILES string of the molecule is O=C(O)c1ccc(COC2C[C@@H](n3cc(F)c(=O)[nH]c3=O)O[C@H]2CO)cc1. The molecule has 1 aliphatic heterocycles. The molecule has 0 spiro atoms. The molecule has 0 amide bonds. The number of aromatic nitrogens is 2. The highest BCUT2D eigenvalue weighted by Crippen LogP contribution is 2.30. The highest BCUT2D eigenvalue weighted by atomic mass is 19.1. The molecule has 3 atom stereocenters. The van der Waals surface area contributed by atoms with Crippen LogP contribution in [0.2, 0.25) is 0 Å². The van der Waals surface area contributed by atoms with E-state index in [2.05, 4.69) is 0 Å². The van der Waals surface area contributed by atoms with E-state index in [-0.39, 0.29) is 25.2 Å². The fraction of sp³-hybridized carbons (Fsp3) is 0.353. The van der Waals surface area contributed by atoms with Gasteiger partial charge in [0.25, 0.3) is 5.56 Å². The van der Waals surface area contributed by atoms with E-state index in [1.807, 2.05) is 4.98 Å². The summed E-state index contributed by atoms with van der Waals surface area (Å²) in [7, 11) is 0. The Hall–Kier alpha value is -2.82. The Morgan fingerprint density at radius 3 is 2.67 bits per heavy atom. The normalized spacial score (nSPS) is 22.1. The maximum Gasteiger partial charge on any atom is 0.335 e. The van der Waals surface area contributed by atoms with Crippen LogP contribution in [0.3, 0.4) is 0 Å². The van der Waals surface area contributed by atoms with Crippen molar-refractivity contribution < 1.29 is 28.9 Å². The number of aromatic carboxylic acids is 1. The van der Waals surface area contributed by atoms with E-state index in [1.165, 1.54) is 12.1 Å². The number of carboxylic acids is 1. The summed E-state index contributed by atoms with van der Waals surface area (Å²) in [6.07, 6.45) is -1.31. The molecule has 27 heavy (non-hydrogen) atoms. The Labute approximate surface area is 151 Å². The number of rotatable bonds is 6. The van der Waals surface area contributed by atoms with E-state index in [9.17, 15) is 23.9 Å². The van der Waals surface area contributed by atoms with Gasteiger partial charge in [0.15, 0.2) is 0 Å². The van der Waals surface area contributed by atoms with Crippen molar-refractivity contribution in [3.8, 4) is 0 Å². The van der Waals surface area contributed by atoms with Crippen molar-refractivity contribution in [3.63, 3.8) is 0 Å². The summed E-state index contributed by atoms with van der Waals surface area (Å²) in [5.41, 5.74) is -1.08. The van der Waals surface area contributed by atoms with Gasteiger partial charge in [0, 0.05) is 6.42 Å². The fourth-order valence-corrected chi connectivity index (χ4v) is 2.83. The maximum absolute atomic E-state index is 13.5. The van der Waals surface area contributed by atoms with E-state index >= 15 is 0 Å². The van der Waals surface area contributed by atoms with Crippen molar-refractivity contribution in [2.45, 2.75) is 31.5 Å². The monoisotopic (exact) mass is 380 g/mol. The Balaban J connectivity index is 1.69. The number of carbonyl (C=O) groups is 1. The number of benzene rings is 1. The molecule has 0 radical (unpaired) electrons. The van der Waals surface area contributed by atoms with Gasteiger partial charge in [-0.1, -0.05) is 12.1 Å². The molecule has 3 rings (SSSR count). The van der Waals surface area contributed by atoms with E-state index in [4.69, 9.17) is 14.6 Å². The van der Waals surface area contributed by atoms with Crippen LogP contribution in [0.25, 0.3) is 0 Å². The van der Waals surface area contributed by atoms with Crippen LogP contribution in [-0.4, -0.2) is 44.5 Å². The average molecular weight is 380 g/mol. The molecule has 1 fully saturated rings. The van der Waals surface area contributed by atoms with E-state index < -0.39 is 41.5 Å². The molecular formula is C17H17FN2O7. The lowest BCUT2D eigenvalue weighted by atomic mass is 10.1. The summed E-state index contributed by atoms with van der Waals surface area (Å²) in [4.78, 5) is 35.7. The van der Waals surface area contributed by atoms with E-state index in [0.717, 1.165) is 10.8 Å². The molecule has 1 aromatic heterocycles. The fourth-order valence-electron chi connectivity index (χ4n) is 2.83. The molecule has 1 aromatic carbocycles. The Morgan fingerprint density at radius 1 is 1.33 bits per heavy atom. The Bertz CT molecular complexity index is 938. The van der Waals surface area contributed by atoms with Crippen molar-refractivity contribution >= 4 is 5.97 Å². The molecule has 144 valence electrons. The summed E-state index contributed by atoms with van der Waals surface area (Å²) in [6.45, 7) is -0.244. The van der Waals surface area contributed by atoms with Crippen LogP contribution >= 0.6 is 0 Å². The Kier molecular flexibility index (Phi) is 5.49. The van der Waals surface area contributed by atoms with Crippen LogP contribution in [0.15, 0.2) is 40.1 Å². The number of halogens is 1. The maximum atomic E-state index is 13.5. The van der Waals surface area contributed by atoms with Crippen LogP contribution < -0.4 is 11.2 Å². The standard InChI is InChI=1S/C17H17FN2O7/c18-11-6-20(17(25)19-15(11)22)14-5-12(13(7-21)27-14)26-8-9-1-3-10(4-2-9)16(23)24/h1-4,6,12-14,21H,5,7-8H2,(H,23,24)(H,19,22,25)/t12?,13-,14-/m0/s1. The summed E-state index contributed by atoms with van der Waals surface area (Å²) in [5, 5.41) is 18.4. The summed E-state index contributed by atoms with van der Waals surface area (Å²) in [6, 6.07) is 6.10. The number of carboxylic acid groups (broad SMARTS) is 1. The van der Waals surface area contributed by atoms with Gasteiger partial charge >= 0.3 is 11.7 Å². The smallest absolute Gasteiger partial charge is 0.335 e. The number of hydrogen-bond donors (Lipinski definition) is 3. The lowest BCUT2D eigenvalue weighted by Gasteiger charge is -2.16. The second-order valence-corrected chi connectivity index (χ2v) is 6.04. The second kappa shape index (κ2) is 7.82. The minimum atomic E-state index is -1.12. The van der Waals surface area contributed by atoms with Gasteiger partial charge in [0.1, 0.15) is 12.3 Å². The summed E-state index contributed by atoms with van der Waals surface area (Å²) in [5.74, 6) is -2.16. The van der Waals surface area contributed by atoms with Crippen LogP contribution in [0.1, 0.15) is 28.6 Å². The van der Waals surface area contributed by atoms with Gasteiger partial charge in [0.05, 0.1) is 31.1 Å². The number of ether oxygens (including phenoxy) is 2. The molecule has 0 aliphatic carbocycles. The van der Waals surface area contributed by atoms with Crippen molar-refractivity contribution in [1.29, 1.82) is 0 Å². The number of nitrogens with zero attached hydrogens (tertiary/aromatic N) is 1. The van der Waals surface area contributed by atoms with Gasteiger partial charge in [-0.15, -0.1) is 0 Å². The number of nitrogens with one attached hydrogen (secondary N) is 1. The van der Waals surface area contributed by atoms with E-state index in [1.54, 1.807) is 12.1 Å². The van der Waals surface area contributed by atoms with Gasteiger partial charge < -0.3 is 19.7 Å². The minimum absolute atomic E-state index is 0.131. The molecule has 0 bridgehead atoms. The zero-order chi connectivity index (χ0) is 19.6. The third kappa shape index (κ3) is 4.13. The Morgan fingerprint density at radius 2 is 2.04 bits per heavy atom. The lowest BCUT2D eigenvalue weighted by Crippen LogP contribution is -2.34. The molecule has 10 heteroatoms. The molecule has 3 N–H and O–H groups in total. The zero-order valence-electron chi connectivity index (χ0n) is 14.0. The number of H-pyrrole nitrogens is 1. The van der Waals surface area contributed by atoms with Crippen LogP contribution in [-0.2, 0) is 16.1 Å². The first kappa shape index (κ1) is 19.0. The molecule has 1 unspecified atom stereocenters. The number of hydrogen-bond acceptors (Lipinski definition) is 6. The summed E-state index contributed by atoms with van der Waals surface area (Å²) < 4.78 is 25.6. The van der Waals surface area contributed by atoms with Gasteiger partial charge in [0.2, 0.25) is 5.82 Å². The first-order valence-corrected chi connectivity index (χ1v) is 8.10. The van der Waals surface area contributed by atoms with Crippen molar-refractivity contribution in [3.05, 3.63) is 68.2 Å². The number of aromatic amines is 1. The third-order valence-corrected chi connectivity index (χ3v) is 4.26. The first-order chi connectivity index (χ1) is 12.9. The molecule has 1 saturated heterocycles. The van der Waals surface area contributed by atoms with Gasteiger partial charge in [-0.2, -0.15) is 4.39 Å². The highest BCUT2D eigenvalue weighted by molar-refractivity contribution is 5.87. The van der Waals surface area contributed by atoms with Gasteiger partial charge in [-0.25, -0.2) is 9.59 Å². The van der Waals surface area contributed by atoms with Gasteiger partial charge in [-0.05, 0) is 17.7 Å². The third-order valence-electron chi connectivity index (χ3n) is 4.26. The first-order valence-electron chi connectivity index (χ1n) is 8.10. The number of aliphatic hydroxyl groups excluding tert-OH is 1. The van der Waals surface area contributed by atoms with Crippen LogP contribution in [0.5, 0.6) is 0 Å². The van der Waals surface area contributed by atoms with Crippen molar-refractivity contribution in [1.82, 2.24) is 9.55 Å². The highest BCUT2D eigenvalue weighted by Gasteiger charge is 2.37. The number of aliphatic hydroxyl groups is 1. The molecule has 2 aromatic rings. The molecule has 1 aliphatic rings.